The molecule has 0 aliphatic heterocycles. The van der Waals surface area contributed by atoms with Crippen LogP contribution in [0.4, 0.5) is 4.39 Å². The molecule has 0 saturated carbocycles. The molecule has 0 amide bonds. The molecular formula is C19H19Cl3FNO5S. The second-order valence-corrected chi connectivity index (χ2v) is 8.82. The van der Waals surface area contributed by atoms with Gasteiger partial charge in [-0.1, -0.05) is 70.3 Å². The molecule has 0 aliphatic rings. The molecule has 0 aliphatic carbocycles. The summed E-state index contributed by atoms with van der Waals surface area (Å²) in [5, 5.41) is 3.24. The van der Waals surface area contributed by atoms with Crippen LogP contribution in [-0.2, 0) is 30.5 Å². The highest BCUT2D eigenvalue weighted by Crippen LogP contribution is 2.33. The Hall–Kier alpha value is -1.42. The lowest BCUT2D eigenvalue weighted by atomic mass is 10.2. The fraction of sp³-hybridized carbons (Fsp3) is 0.316. The summed E-state index contributed by atoms with van der Waals surface area (Å²) in [6, 6.07) is 11.5. The second-order valence-electron chi connectivity index (χ2n) is 6.06. The van der Waals surface area contributed by atoms with Crippen molar-refractivity contribution in [3.05, 3.63) is 63.1 Å². The predicted octanol–water partition coefficient (Wildman–Crippen LogP) is 5.30. The van der Waals surface area contributed by atoms with Crippen LogP contribution in [0.1, 0.15) is 12.0 Å². The normalized spacial score (nSPS) is 14.0. The Morgan fingerprint density at radius 3 is 2.43 bits per heavy atom. The van der Waals surface area contributed by atoms with Crippen molar-refractivity contribution in [1.29, 1.82) is 0 Å². The maximum absolute atomic E-state index is 14.1. The molecule has 2 unspecified atom stereocenters. The molecule has 2 aromatic carbocycles. The van der Waals surface area contributed by atoms with E-state index in [0.717, 1.165) is 17.8 Å². The van der Waals surface area contributed by atoms with Crippen LogP contribution in [0.5, 0.6) is 0 Å². The van der Waals surface area contributed by atoms with E-state index in [2.05, 4.69) is 9.99 Å². The molecular weight excluding hydrogens is 480 g/mol. The highest BCUT2D eigenvalue weighted by molar-refractivity contribution is 7.87. The van der Waals surface area contributed by atoms with E-state index in [1.807, 2.05) is 30.3 Å². The van der Waals surface area contributed by atoms with Crippen molar-refractivity contribution >= 4 is 51.1 Å². The van der Waals surface area contributed by atoms with Gasteiger partial charge in [-0.25, -0.2) is 4.39 Å². The molecule has 0 heterocycles. The Balaban J connectivity index is 2.15. The molecule has 0 aromatic heterocycles. The summed E-state index contributed by atoms with van der Waals surface area (Å²) >= 11 is 17.7. The molecule has 0 N–H and O–H groups in total. The number of alkyl halides is 1. The molecule has 2 aromatic rings. The summed E-state index contributed by atoms with van der Waals surface area (Å²) in [7, 11) is -3.13. The van der Waals surface area contributed by atoms with Crippen LogP contribution in [-0.4, -0.2) is 40.6 Å². The smallest absolute Gasteiger partial charge is 0.298 e. The van der Waals surface area contributed by atoms with Gasteiger partial charge >= 0.3 is 0 Å². The summed E-state index contributed by atoms with van der Waals surface area (Å²) in [6.07, 6.45) is -2.25. The number of oxime groups is 1. The number of nitrogens with zero attached hydrogens (tertiary/aromatic N) is 1. The molecule has 0 saturated heterocycles. The molecule has 0 bridgehead atoms. The van der Waals surface area contributed by atoms with Crippen LogP contribution < -0.4 is 0 Å². The minimum absolute atomic E-state index is 0.0179. The lowest BCUT2D eigenvalue weighted by Crippen LogP contribution is -2.28. The molecule has 0 spiro atoms. The highest BCUT2D eigenvalue weighted by atomic mass is 35.5. The van der Waals surface area contributed by atoms with Crippen molar-refractivity contribution in [3.63, 3.8) is 0 Å². The molecule has 6 nitrogen and oxygen atoms in total. The zero-order chi connectivity index (χ0) is 22.1. The Kier molecular flexibility index (Phi) is 9.80. The van der Waals surface area contributed by atoms with Crippen molar-refractivity contribution in [3.8, 4) is 0 Å². The average Bonchev–Trinajstić information content (AvgIpc) is 2.69. The van der Waals surface area contributed by atoms with Gasteiger partial charge in [0.1, 0.15) is 24.3 Å². The van der Waals surface area contributed by atoms with Gasteiger partial charge in [-0.05, 0) is 17.7 Å². The van der Waals surface area contributed by atoms with Gasteiger partial charge in [0.15, 0.2) is 0 Å². The lowest BCUT2D eigenvalue weighted by molar-refractivity contribution is 0.0342. The van der Waals surface area contributed by atoms with Crippen molar-refractivity contribution < 1.29 is 26.6 Å². The summed E-state index contributed by atoms with van der Waals surface area (Å²) in [4.78, 5) is 4.06. The molecule has 0 fully saturated rings. The van der Waals surface area contributed by atoms with Gasteiger partial charge < -0.3 is 9.57 Å². The van der Waals surface area contributed by atoms with Crippen molar-refractivity contribution in [2.24, 2.45) is 5.16 Å². The molecule has 164 valence electrons. The second kappa shape index (κ2) is 11.8. The first-order valence-corrected chi connectivity index (χ1v) is 11.2. The van der Waals surface area contributed by atoms with Gasteiger partial charge in [0.25, 0.3) is 10.1 Å². The monoisotopic (exact) mass is 497 g/mol. The molecule has 2 atom stereocenters. The van der Waals surface area contributed by atoms with Crippen LogP contribution in [0.25, 0.3) is 0 Å². The van der Waals surface area contributed by atoms with E-state index in [0.29, 0.717) is 0 Å². The lowest BCUT2D eigenvalue weighted by Gasteiger charge is -2.19. The van der Waals surface area contributed by atoms with Gasteiger partial charge in [-0.15, -0.1) is 0 Å². The number of rotatable bonds is 11. The van der Waals surface area contributed by atoms with Crippen LogP contribution in [0.2, 0.25) is 15.1 Å². The van der Waals surface area contributed by atoms with E-state index >= 15 is 0 Å². The predicted molar refractivity (Wildman–Crippen MR) is 115 cm³/mol. The quantitative estimate of drug-likeness (QED) is 0.182. The fourth-order valence-corrected chi connectivity index (χ4v) is 4.43. The zero-order valence-corrected chi connectivity index (χ0v) is 18.9. The first kappa shape index (κ1) is 24.8. The topological polar surface area (TPSA) is 74.2 Å². The first-order valence-electron chi connectivity index (χ1n) is 8.63. The Bertz CT molecular complexity index is 960. The number of halogens is 4. The van der Waals surface area contributed by atoms with E-state index in [4.69, 9.17) is 43.7 Å². The van der Waals surface area contributed by atoms with Crippen molar-refractivity contribution in [2.75, 3.05) is 13.7 Å². The Labute approximate surface area is 189 Å². The van der Waals surface area contributed by atoms with E-state index in [1.54, 1.807) is 0 Å². The largest absolute Gasteiger partial charge is 0.399 e. The minimum atomic E-state index is -4.39. The van der Waals surface area contributed by atoms with Crippen molar-refractivity contribution in [1.82, 2.24) is 0 Å². The van der Waals surface area contributed by atoms with Gasteiger partial charge in [-0.2, -0.15) is 8.42 Å². The number of ether oxygens (including phenoxy) is 1. The third-order valence-electron chi connectivity index (χ3n) is 3.74. The van der Waals surface area contributed by atoms with E-state index < -0.39 is 22.4 Å². The molecule has 0 radical (unpaired) electrons. The maximum Gasteiger partial charge on any atom is 0.298 e. The van der Waals surface area contributed by atoms with Gasteiger partial charge in [-0.3, -0.25) is 4.18 Å². The molecule has 30 heavy (non-hydrogen) atoms. The third kappa shape index (κ3) is 7.68. The summed E-state index contributed by atoms with van der Waals surface area (Å²) in [6.45, 7) is -0.00824. The number of benzene rings is 2. The molecule has 2 rings (SSSR count). The van der Waals surface area contributed by atoms with Crippen LogP contribution in [0.3, 0.4) is 0 Å². The van der Waals surface area contributed by atoms with E-state index in [-0.39, 0.29) is 39.6 Å². The summed E-state index contributed by atoms with van der Waals surface area (Å²) in [5.74, 6) is 0. The number of hydrogen-bond acceptors (Lipinski definition) is 6. The average molecular weight is 499 g/mol. The van der Waals surface area contributed by atoms with E-state index in [1.165, 1.54) is 13.2 Å². The number of hydrogen-bond donors (Lipinski definition) is 0. The first-order chi connectivity index (χ1) is 14.2. The Morgan fingerprint density at radius 2 is 1.77 bits per heavy atom. The van der Waals surface area contributed by atoms with Crippen LogP contribution in [0.15, 0.2) is 52.5 Å². The Morgan fingerprint density at radius 1 is 1.10 bits per heavy atom. The fourth-order valence-electron chi connectivity index (χ4n) is 2.38. The SMILES string of the molecule is CO/N=C/C(F)CC(COCc1ccccc1)OS(=O)(=O)c1cc(Cl)c(Cl)cc1Cl. The summed E-state index contributed by atoms with van der Waals surface area (Å²) < 4.78 is 50.3. The third-order valence-corrected chi connectivity index (χ3v) is 6.29. The van der Waals surface area contributed by atoms with Gasteiger partial charge in [0.05, 0.1) is 34.5 Å². The standard InChI is InChI=1S/C19H19Cl3FNO5S/c1-27-24-10-14(23)7-15(12-28-11-13-5-3-2-4-6-13)29-30(25,26)19-9-17(21)16(20)8-18(19)22/h2-6,8-10,14-15H,7,11-12H2,1H3/b24-10+. The summed E-state index contributed by atoms with van der Waals surface area (Å²) in [5.41, 5.74) is 0.865. The maximum atomic E-state index is 14.1. The highest BCUT2D eigenvalue weighted by Gasteiger charge is 2.27. The van der Waals surface area contributed by atoms with E-state index in [9.17, 15) is 12.8 Å². The van der Waals surface area contributed by atoms with Gasteiger partial charge in [0, 0.05) is 6.42 Å². The van der Waals surface area contributed by atoms with Crippen LogP contribution >= 0.6 is 34.8 Å². The minimum Gasteiger partial charge on any atom is -0.399 e. The molecule has 11 heteroatoms. The zero-order valence-electron chi connectivity index (χ0n) is 15.8. The van der Waals surface area contributed by atoms with Crippen molar-refractivity contribution in [2.45, 2.75) is 30.2 Å². The van der Waals surface area contributed by atoms with Gasteiger partial charge in [0.2, 0.25) is 0 Å². The van der Waals surface area contributed by atoms with Crippen LogP contribution in [0, 0.1) is 0 Å².